The van der Waals surface area contributed by atoms with Gasteiger partial charge >= 0.3 is 12.0 Å². The van der Waals surface area contributed by atoms with Crippen molar-refractivity contribution in [2.75, 3.05) is 12.4 Å². The number of carbonyl (C=O) groups is 6. The van der Waals surface area contributed by atoms with Gasteiger partial charge in [0.1, 0.15) is 24.8 Å². The zero-order valence-corrected chi connectivity index (χ0v) is 23.5. The molecule has 6 unspecified atom stereocenters. The van der Waals surface area contributed by atoms with Crippen LogP contribution >= 0.6 is 11.8 Å². The molecule has 12 nitrogen and oxygen atoms in total. The van der Waals surface area contributed by atoms with Crippen LogP contribution in [0.2, 0.25) is 0 Å². The quantitative estimate of drug-likeness (QED) is 0.118. The number of alkyl halides is 1. The van der Waals surface area contributed by atoms with E-state index >= 15 is 0 Å². The molecule has 0 saturated carbocycles. The van der Waals surface area contributed by atoms with Crippen molar-refractivity contribution < 1.29 is 38.3 Å². The highest BCUT2D eigenvalue weighted by Crippen LogP contribution is 2.33. The van der Waals surface area contributed by atoms with Crippen LogP contribution in [0.25, 0.3) is 0 Å². The molecule has 0 aromatic heterocycles. The van der Waals surface area contributed by atoms with Gasteiger partial charge in [0.05, 0.1) is 18.5 Å². The molecule has 6 atom stereocenters. The molecule has 2 heterocycles. The number of unbranched alkanes of at least 4 members (excludes halogenated alkanes) is 1. The van der Waals surface area contributed by atoms with Crippen molar-refractivity contribution in [1.29, 1.82) is 0 Å². The summed E-state index contributed by atoms with van der Waals surface area (Å²) in [4.78, 5) is 72.7. The molecule has 2 saturated heterocycles. The van der Waals surface area contributed by atoms with Gasteiger partial charge in [0.15, 0.2) is 5.78 Å². The van der Waals surface area contributed by atoms with E-state index in [4.69, 9.17) is 5.11 Å². The Hall–Kier alpha value is -3.68. The Morgan fingerprint density at radius 1 is 1.02 bits per heavy atom. The third kappa shape index (κ3) is 9.73. The van der Waals surface area contributed by atoms with E-state index in [2.05, 4.69) is 26.6 Å². The standard InChI is InChI=1S/C27H36FN5O7S/c1-15(25(38)31-17(12-23(36)37)20(34)13-28)29-26(39)18(11-16-7-3-2-4-8-16)30-22(35)10-6-5-9-21-24-19(14-41-21)32-27(40)33-24/h2-4,7-8,15,17-19,21,24H,5-6,9-14H2,1H3,(H,29,39)(H,30,35)(H,31,38)(H,36,37)(H2,32,33,40). The zero-order valence-electron chi connectivity index (χ0n) is 22.7. The van der Waals surface area contributed by atoms with Crippen molar-refractivity contribution in [3.63, 3.8) is 0 Å². The van der Waals surface area contributed by atoms with E-state index in [-0.39, 0.29) is 42.1 Å². The number of amides is 5. The van der Waals surface area contributed by atoms with Gasteiger partial charge in [0.25, 0.3) is 0 Å². The number of nitrogens with one attached hydrogen (secondary N) is 5. The molecule has 14 heteroatoms. The van der Waals surface area contributed by atoms with Crippen LogP contribution in [0.5, 0.6) is 0 Å². The summed E-state index contributed by atoms with van der Waals surface area (Å²) in [6.07, 6.45) is 1.75. The predicted molar refractivity (Wildman–Crippen MR) is 149 cm³/mol. The first kappa shape index (κ1) is 31.8. The van der Waals surface area contributed by atoms with Gasteiger partial charge in [-0.05, 0) is 25.3 Å². The van der Waals surface area contributed by atoms with Gasteiger partial charge in [-0.15, -0.1) is 0 Å². The first-order valence-corrected chi connectivity index (χ1v) is 14.6. The average Bonchev–Trinajstić information content (AvgIpc) is 3.49. The smallest absolute Gasteiger partial charge is 0.315 e. The maximum Gasteiger partial charge on any atom is 0.315 e. The van der Waals surface area contributed by atoms with Crippen LogP contribution < -0.4 is 26.6 Å². The molecule has 1 aromatic rings. The van der Waals surface area contributed by atoms with E-state index in [0.29, 0.717) is 6.42 Å². The van der Waals surface area contributed by atoms with Crippen LogP contribution in [0.4, 0.5) is 9.18 Å². The lowest BCUT2D eigenvalue weighted by molar-refractivity contribution is -0.140. The van der Waals surface area contributed by atoms with Crippen molar-refractivity contribution in [2.24, 2.45) is 0 Å². The van der Waals surface area contributed by atoms with Crippen molar-refractivity contribution in [1.82, 2.24) is 26.6 Å². The Morgan fingerprint density at radius 2 is 1.76 bits per heavy atom. The highest BCUT2D eigenvalue weighted by atomic mass is 32.2. The number of halogens is 1. The Morgan fingerprint density at radius 3 is 2.44 bits per heavy atom. The summed E-state index contributed by atoms with van der Waals surface area (Å²) in [6, 6.07) is 5.30. The van der Waals surface area contributed by atoms with Crippen LogP contribution in [0.1, 0.15) is 44.6 Å². The molecule has 5 amide bonds. The number of urea groups is 1. The average molecular weight is 594 g/mol. The molecule has 0 spiro atoms. The highest BCUT2D eigenvalue weighted by molar-refractivity contribution is 8.00. The van der Waals surface area contributed by atoms with Gasteiger partial charge in [-0.25, -0.2) is 9.18 Å². The van der Waals surface area contributed by atoms with Crippen molar-refractivity contribution in [2.45, 2.75) is 80.9 Å². The number of aliphatic carboxylic acids is 1. The summed E-state index contributed by atoms with van der Waals surface area (Å²) in [5.74, 6) is -3.47. The molecule has 0 bridgehead atoms. The van der Waals surface area contributed by atoms with Crippen molar-refractivity contribution >= 4 is 47.3 Å². The summed E-state index contributed by atoms with van der Waals surface area (Å²) in [5, 5.41) is 22.5. The number of benzene rings is 1. The number of hydrogen-bond donors (Lipinski definition) is 6. The zero-order chi connectivity index (χ0) is 29.9. The first-order valence-electron chi connectivity index (χ1n) is 13.5. The molecular formula is C27H36FN5O7S. The molecule has 6 N–H and O–H groups in total. The second kappa shape index (κ2) is 15.4. The Kier molecular flexibility index (Phi) is 11.9. The fraction of sp³-hybridized carbons (Fsp3) is 0.556. The number of thioether (sulfide) groups is 1. The van der Waals surface area contributed by atoms with Crippen LogP contribution in [0.3, 0.4) is 0 Å². The lowest BCUT2D eigenvalue weighted by Crippen LogP contribution is -2.55. The fourth-order valence-corrected chi connectivity index (χ4v) is 6.33. The minimum atomic E-state index is -1.57. The normalized spacial score (nSPS) is 21.4. The van der Waals surface area contributed by atoms with Crippen molar-refractivity contribution in [3.8, 4) is 0 Å². The van der Waals surface area contributed by atoms with Gasteiger partial charge in [-0.1, -0.05) is 36.8 Å². The second-order valence-corrected chi connectivity index (χ2v) is 11.4. The molecule has 224 valence electrons. The second-order valence-electron chi connectivity index (χ2n) is 10.2. The highest BCUT2D eigenvalue weighted by Gasteiger charge is 2.42. The van der Waals surface area contributed by atoms with Gasteiger partial charge in [-0.3, -0.25) is 24.0 Å². The Bertz CT molecular complexity index is 1120. The minimum absolute atomic E-state index is 0.0916. The van der Waals surface area contributed by atoms with Gasteiger partial charge < -0.3 is 31.7 Å². The van der Waals surface area contributed by atoms with Crippen molar-refractivity contribution in [3.05, 3.63) is 35.9 Å². The third-order valence-electron chi connectivity index (χ3n) is 6.98. The number of carbonyl (C=O) groups excluding carboxylic acids is 5. The molecule has 2 aliphatic heterocycles. The Balaban J connectivity index is 1.52. The molecule has 3 rings (SSSR count). The molecule has 1 aromatic carbocycles. The largest absolute Gasteiger partial charge is 0.481 e. The molecule has 2 aliphatic rings. The number of hydrogen-bond acceptors (Lipinski definition) is 7. The third-order valence-corrected chi connectivity index (χ3v) is 8.49. The first-order chi connectivity index (χ1) is 19.6. The van der Waals surface area contributed by atoms with E-state index in [0.717, 1.165) is 24.2 Å². The van der Waals surface area contributed by atoms with Crippen LogP contribution in [-0.2, 0) is 30.4 Å². The number of fused-ring (bicyclic) bond motifs is 1. The fourth-order valence-electron chi connectivity index (χ4n) is 4.79. The van der Waals surface area contributed by atoms with E-state index in [9.17, 15) is 33.2 Å². The lowest BCUT2D eigenvalue weighted by atomic mass is 10.0. The Labute approximate surface area is 241 Å². The van der Waals surface area contributed by atoms with Gasteiger partial charge in [0.2, 0.25) is 17.7 Å². The number of carboxylic acid groups (broad SMARTS) is 1. The van der Waals surface area contributed by atoms with Crippen LogP contribution in [0, 0.1) is 0 Å². The topological polar surface area (TPSA) is 183 Å². The number of Topliss-reactive ketones (excluding diaryl/α,β-unsaturated/α-hetero) is 1. The maximum atomic E-state index is 13.1. The molecule has 0 radical (unpaired) electrons. The summed E-state index contributed by atoms with van der Waals surface area (Å²) in [7, 11) is 0. The summed E-state index contributed by atoms with van der Waals surface area (Å²) >= 11 is 1.80. The van der Waals surface area contributed by atoms with Gasteiger partial charge in [0, 0.05) is 23.8 Å². The van der Waals surface area contributed by atoms with E-state index in [1.165, 1.54) is 6.92 Å². The number of carboxylic acids is 1. The van der Waals surface area contributed by atoms with E-state index in [1.807, 2.05) is 6.07 Å². The summed E-state index contributed by atoms with van der Waals surface area (Å²) in [5.41, 5.74) is 0.778. The number of ketones is 1. The van der Waals surface area contributed by atoms with E-state index < -0.39 is 54.8 Å². The summed E-state index contributed by atoms with van der Waals surface area (Å²) in [6.45, 7) is -0.112. The van der Waals surface area contributed by atoms with Gasteiger partial charge in [-0.2, -0.15) is 11.8 Å². The minimum Gasteiger partial charge on any atom is -0.481 e. The predicted octanol–water partition coefficient (Wildman–Crippen LogP) is 0.443. The molecule has 41 heavy (non-hydrogen) atoms. The SMILES string of the molecule is CC(NC(=O)C(Cc1ccccc1)NC(=O)CCCCC1SCC2NC(=O)NC21)C(=O)NC(CC(=O)O)C(=O)CF. The molecule has 0 aliphatic carbocycles. The number of rotatable bonds is 16. The van der Waals surface area contributed by atoms with Crippen LogP contribution in [-0.4, -0.2) is 88.5 Å². The lowest BCUT2D eigenvalue weighted by Gasteiger charge is -2.23. The molecule has 2 fully saturated rings. The van der Waals surface area contributed by atoms with Crippen LogP contribution in [0.15, 0.2) is 30.3 Å². The van der Waals surface area contributed by atoms with E-state index in [1.54, 1.807) is 36.0 Å². The monoisotopic (exact) mass is 593 g/mol. The summed E-state index contributed by atoms with van der Waals surface area (Å²) < 4.78 is 12.8. The molecular weight excluding hydrogens is 557 g/mol. The maximum absolute atomic E-state index is 13.1.